The zero-order chi connectivity index (χ0) is 26.6. The van der Waals surface area contributed by atoms with Gasteiger partial charge in [-0.15, -0.1) is 10.2 Å². The van der Waals surface area contributed by atoms with Gasteiger partial charge in [-0.05, 0) is 48.7 Å². The number of hydrogen-bond acceptors (Lipinski definition) is 9. The number of nitrogens with zero attached hydrogens (tertiary/aromatic N) is 4. The van der Waals surface area contributed by atoms with Crippen molar-refractivity contribution < 1.29 is 24.3 Å². The Bertz CT molecular complexity index is 1270. The first-order valence-corrected chi connectivity index (χ1v) is 12.7. The number of aromatic nitrogens is 3. The van der Waals surface area contributed by atoms with Gasteiger partial charge in [-0.25, -0.2) is 10.5 Å². The number of hydrogen-bond donors (Lipinski definition) is 3. The van der Waals surface area contributed by atoms with Gasteiger partial charge in [-0.1, -0.05) is 46.7 Å². The predicted molar refractivity (Wildman–Crippen MR) is 136 cm³/mol. The van der Waals surface area contributed by atoms with E-state index in [1.807, 2.05) is 0 Å². The summed E-state index contributed by atoms with van der Waals surface area (Å²) in [6.45, 7) is 1.92. The number of rotatable bonds is 9. The van der Waals surface area contributed by atoms with Crippen molar-refractivity contribution in [1.29, 1.82) is 0 Å². The van der Waals surface area contributed by atoms with E-state index in [1.54, 1.807) is 41.9 Å². The minimum absolute atomic E-state index is 0.177. The van der Waals surface area contributed by atoms with Crippen molar-refractivity contribution in [3.8, 4) is 5.75 Å². The molecule has 4 rings (SSSR count). The fraction of sp³-hybridized carbons (Fsp3) is 0.304. The van der Waals surface area contributed by atoms with E-state index in [0.29, 0.717) is 16.4 Å². The minimum Gasteiger partial charge on any atom is -0.489 e. The molecule has 1 aliphatic heterocycles. The average molecular weight is 565 g/mol. The van der Waals surface area contributed by atoms with Crippen LogP contribution in [0.4, 0.5) is 5.13 Å². The molecule has 1 fully saturated rings. The van der Waals surface area contributed by atoms with Gasteiger partial charge in [0.1, 0.15) is 34.2 Å². The second kappa shape index (κ2) is 11.4. The molecule has 3 N–H and O–H groups in total. The number of hydroxylamine groups is 1. The molecule has 14 heteroatoms. The van der Waals surface area contributed by atoms with Gasteiger partial charge in [0.15, 0.2) is 0 Å². The molecule has 194 valence electrons. The maximum atomic E-state index is 13.7. The molecule has 1 aliphatic rings. The van der Waals surface area contributed by atoms with Gasteiger partial charge < -0.3 is 15.0 Å². The summed E-state index contributed by atoms with van der Waals surface area (Å²) in [6, 6.07) is 9.20. The molecule has 2 aromatic heterocycles. The predicted octanol–water partition coefficient (Wildman–Crippen LogP) is 3.21. The Morgan fingerprint density at radius 2 is 1.95 bits per heavy atom. The molecule has 1 aromatic carbocycles. The Hall–Kier alpha value is -3.32. The van der Waals surface area contributed by atoms with Crippen molar-refractivity contribution in [3.05, 3.63) is 63.3 Å². The molecule has 3 aromatic rings. The number of ether oxygens (including phenoxy) is 1. The van der Waals surface area contributed by atoms with Crippen molar-refractivity contribution in [2.24, 2.45) is 0 Å². The molecule has 0 bridgehead atoms. The maximum absolute atomic E-state index is 13.7. The SMILES string of the molecule is CC(C(=O)NO)N1CCC(CC(=O)Nc2nncs2)(c2ccc(OCc3cc(Cl)nc(Cl)c3)cc2)C1=O. The van der Waals surface area contributed by atoms with E-state index in [-0.39, 0.29) is 36.3 Å². The molecule has 3 heterocycles. The van der Waals surface area contributed by atoms with Crippen LogP contribution in [-0.4, -0.2) is 55.6 Å². The number of anilines is 1. The number of halogens is 2. The van der Waals surface area contributed by atoms with Gasteiger partial charge in [0.25, 0.3) is 5.91 Å². The third kappa shape index (κ3) is 5.99. The van der Waals surface area contributed by atoms with Crippen LogP contribution in [-0.2, 0) is 26.4 Å². The highest BCUT2D eigenvalue weighted by Gasteiger charge is 2.51. The number of pyridine rings is 1. The summed E-state index contributed by atoms with van der Waals surface area (Å²) in [7, 11) is 0. The van der Waals surface area contributed by atoms with Crippen molar-refractivity contribution in [1.82, 2.24) is 25.6 Å². The Balaban J connectivity index is 1.56. The summed E-state index contributed by atoms with van der Waals surface area (Å²) in [5.41, 5.74) is 3.15. The standard InChI is InChI=1S/C23H22Cl2N6O5S/c1-13(20(33)30-35)31-7-6-23(21(31)34,10-19(32)28-22-29-26-12-37-22)15-2-4-16(5-3-15)36-11-14-8-17(24)27-18(25)9-14/h2-5,8-9,12-13,35H,6-7,10-11H2,1H3,(H,30,33)(H,28,29,32). The number of benzene rings is 1. The Kier molecular flexibility index (Phi) is 8.22. The van der Waals surface area contributed by atoms with Crippen molar-refractivity contribution >= 4 is 57.4 Å². The molecule has 2 atom stereocenters. The van der Waals surface area contributed by atoms with Crippen LogP contribution >= 0.6 is 34.5 Å². The molecule has 0 aliphatic carbocycles. The first kappa shape index (κ1) is 26.7. The summed E-state index contributed by atoms with van der Waals surface area (Å²) in [6.07, 6.45) is 0.107. The molecule has 3 amide bonds. The lowest BCUT2D eigenvalue weighted by molar-refractivity contribution is -0.144. The van der Waals surface area contributed by atoms with Gasteiger partial charge in [-0.2, -0.15) is 0 Å². The largest absolute Gasteiger partial charge is 0.489 e. The molecular formula is C23H22Cl2N6O5S. The monoisotopic (exact) mass is 564 g/mol. The summed E-state index contributed by atoms with van der Waals surface area (Å²) in [5, 5.41) is 20.0. The summed E-state index contributed by atoms with van der Waals surface area (Å²) in [5.74, 6) is -1.01. The van der Waals surface area contributed by atoms with Gasteiger partial charge in [0.05, 0.1) is 5.41 Å². The Morgan fingerprint density at radius 3 is 2.57 bits per heavy atom. The molecule has 2 unspecified atom stereocenters. The van der Waals surface area contributed by atoms with Crippen LogP contribution in [0.3, 0.4) is 0 Å². The Labute approximate surface area is 225 Å². The van der Waals surface area contributed by atoms with E-state index in [0.717, 1.165) is 16.9 Å². The molecule has 1 saturated heterocycles. The highest BCUT2D eigenvalue weighted by Crippen LogP contribution is 2.41. The van der Waals surface area contributed by atoms with Crippen LogP contribution in [0.1, 0.15) is 30.9 Å². The number of likely N-dealkylation sites (tertiary alicyclic amines) is 1. The summed E-state index contributed by atoms with van der Waals surface area (Å²) < 4.78 is 5.82. The first-order valence-electron chi connectivity index (χ1n) is 11.1. The lowest BCUT2D eigenvalue weighted by Gasteiger charge is -2.29. The zero-order valence-electron chi connectivity index (χ0n) is 19.5. The first-order chi connectivity index (χ1) is 17.7. The van der Waals surface area contributed by atoms with E-state index < -0.39 is 29.2 Å². The highest BCUT2D eigenvalue weighted by atomic mass is 35.5. The van der Waals surface area contributed by atoms with Crippen LogP contribution in [0.25, 0.3) is 0 Å². The van der Waals surface area contributed by atoms with Gasteiger partial charge >= 0.3 is 0 Å². The number of amides is 3. The van der Waals surface area contributed by atoms with Crippen molar-refractivity contribution in [3.63, 3.8) is 0 Å². The van der Waals surface area contributed by atoms with Gasteiger partial charge in [-0.3, -0.25) is 19.6 Å². The third-order valence-corrected chi connectivity index (χ3v) is 7.10. The fourth-order valence-corrected chi connectivity index (χ4v) is 5.20. The molecule has 37 heavy (non-hydrogen) atoms. The normalized spacial score (nSPS) is 17.9. The molecule has 0 saturated carbocycles. The van der Waals surface area contributed by atoms with Crippen molar-refractivity contribution in [2.45, 2.75) is 37.8 Å². The minimum atomic E-state index is -1.23. The van der Waals surface area contributed by atoms with Gasteiger partial charge in [0, 0.05) is 13.0 Å². The van der Waals surface area contributed by atoms with E-state index >= 15 is 0 Å². The molecule has 11 nitrogen and oxygen atoms in total. The van der Waals surface area contributed by atoms with Gasteiger partial charge in [0.2, 0.25) is 16.9 Å². The van der Waals surface area contributed by atoms with E-state index in [1.165, 1.54) is 17.3 Å². The summed E-state index contributed by atoms with van der Waals surface area (Å²) in [4.78, 5) is 43.9. The average Bonchev–Trinajstić information content (AvgIpc) is 3.50. The van der Waals surface area contributed by atoms with Crippen LogP contribution < -0.4 is 15.5 Å². The zero-order valence-corrected chi connectivity index (χ0v) is 21.8. The second-order valence-electron chi connectivity index (χ2n) is 8.39. The quantitative estimate of drug-likeness (QED) is 0.204. The van der Waals surface area contributed by atoms with Crippen LogP contribution in [0.2, 0.25) is 10.3 Å². The maximum Gasteiger partial charge on any atom is 0.265 e. The van der Waals surface area contributed by atoms with E-state index in [2.05, 4.69) is 20.5 Å². The fourth-order valence-electron chi connectivity index (χ4n) is 4.23. The number of carbonyl (C=O) groups is 3. The molecule has 0 radical (unpaired) electrons. The topological polar surface area (TPSA) is 147 Å². The molecular weight excluding hydrogens is 543 g/mol. The van der Waals surface area contributed by atoms with E-state index in [4.69, 9.17) is 33.1 Å². The lowest BCUT2D eigenvalue weighted by atomic mass is 9.76. The lowest BCUT2D eigenvalue weighted by Crippen LogP contribution is -2.48. The third-order valence-electron chi connectivity index (χ3n) is 6.11. The van der Waals surface area contributed by atoms with Crippen LogP contribution in [0.15, 0.2) is 41.9 Å². The smallest absolute Gasteiger partial charge is 0.265 e. The second-order valence-corrected chi connectivity index (χ2v) is 9.99. The number of carbonyl (C=O) groups excluding carboxylic acids is 3. The highest BCUT2D eigenvalue weighted by molar-refractivity contribution is 7.13. The molecule has 0 spiro atoms. The Morgan fingerprint density at radius 1 is 1.24 bits per heavy atom. The van der Waals surface area contributed by atoms with Crippen LogP contribution in [0.5, 0.6) is 5.75 Å². The van der Waals surface area contributed by atoms with Crippen molar-refractivity contribution in [2.75, 3.05) is 11.9 Å². The number of nitrogens with one attached hydrogen (secondary N) is 2. The summed E-state index contributed by atoms with van der Waals surface area (Å²) >= 11 is 13.0. The van der Waals surface area contributed by atoms with Crippen LogP contribution in [0, 0.1) is 0 Å². The van der Waals surface area contributed by atoms with E-state index in [9.17, 15) is 14.4 Å².